The lowest BCUT2D eigenvalue weighted by atomic mass is 10.1. The Balaban J connectivity index is 2.05. The van der Waals surface area contributed by atoms with E-state index in [0.717, 1.165) is 11.1 Å². The molecule has 2 aromatic carbocycles. The molecule has 6 heteroatoms. The zero-order chi connectivity index (χ0) is 19.6. The van der Waals surface area contributed by atoms with Crippen molar-refractivity contribution in [1.82, 2.24) is 0 Å². The average molecular weight is 370 g/mol. The molecular weight excluding hydrogens is 348 g/mol. The summed E-state index contributed by atoms with van der Waals surface area (Å²) in [7, 11) is 7.79. The van der Waals surface area contributed by atoms with Gasteiger partial charge in [-0.15, -0.1) is 0 Å². The van der Waals surface area contributed by atoms with Crippen molar-refractivity contribution in [2.24, 2.45) is 0 Å². The van der Waals surface area contributed by atoms with E-state index in [-0.39, 0.29) is 5.78 Å². The van der Waals surface area contributed by atoms with Gasteiger partial charge in [0.15, 0.2) is 28.8 Å². The summed E-state index contributed by atoms with van der Waals surface area (Å²) in [4.78, 5) is 12.9. The highest BCUT2D eigenvalue weighted by Gasteiger charge is 2.32. The summed E-state index contributed by atoms with van der Waals surface area (Å²) in [5.74, 6) is 2.66. The van der Waals surface area contributed by atoms with Crippen LogP contribution in [0.25, 0.3) is 6.08 Å². The molecule has 0 aliphatic heterocycles. The Labute approximate surface area is 158 Å². The second-order valence-electron chi connectivity index (χ2n) is 5.96. The Morgan fingerprint density at radius 1 is 0.778 bits per heavy atom. The fourth-order valence-electron chi connectivity index (χ4n) is 3.30. The maximum absolute atomic E-state index is 12.9. The molecule has 0 saturated heterocycles. The minimum Gasteiger partial charge on any atom is -0.493 e. The maximum Gasteiger partial charge on any atom is 0.203 e. The van der Waals surface area contributed by atoms with Crippen molar-refractivity contribution in [1.29, 1.82) is 0 Å². The van der Waals surface area contributed by atoms with Gasteiger partial charge < -0.3 is 23.7 Å². The fraction of sp³-hybridized carbons (Fsp3) is 0.286. The number of allylic oxidation sites excluding steroid dienone is 1. The number of rotatable bonds is 6. The van der Waals surface area contributed by atoms with Crippen LogP contribution in [0, 0.1) is 0 Å². The highest BCUT2D eigenvalue weighted by atomic mass is 16.5. The predicted molar refractivity (Wildman–Crippen MR) is 102 cm³/mol. The van der Waals surface area contributed by atoms with E-state index < -0.39 is 0 Å². The van der Waals surface area contributed by atoms with Crippen LogP contribution >= 0.6 is 0 Å². The number of carbonyl (C=O) groups excluding carboxylic acids is 1. The van der Waals surface area contributed by atoms with Gasteiger partial charge in [-0.2, -0.15) is 0 Å². The van der Waals surface area contributed by atoms with Crippen molar-refractivity contribution in [3.05, 3.63) is 46.5 Å². The second kappa shape index (κ2) is 7.61. The predicted octanol–water partition coefficient (Wildman–Crippen LogP) is 3.55. The van der Waals surface area contributed by atoms with Gasteiger partial charge in [-0.1, -0.05) is 6.07 Å². The average Bonchev–Trinajstić information content (AvgIpc) is 3.01. The van der Waals surface area contributed by atoms with Crippen LogP contribution < -0.4 is 23.7 Å². The number of fused-ring (bicyclic) bond motifs is 1. The van der Waals surface area contributed by atoms with Crippen LogP contribution in [-0.4, -0.2) is 41.3 Å². The molecule has 1 aliphatic rings. The number of hydrogen-bond donors (Lipinski definition) is 0. The summed E-state index contributed by atoms with van der Waals surface area (Å²) in [6.45, 7) is 0. The molecule has 0 spiro atoms. The first kappa shape index (κ1) is 18.6. The molecule has 0 heterocycles. The van der Waals surface area contributed by atoms with Crippen LogP contribution in [0.5, 0.6) is 28.7 Å². The van der Waals surface area contributed by atoms with Crippen LogP contribution in [0.3, 0.4) is 0 Å². The summed E-state index contributed by atoms with van der Waals surface area (Å²) in [6.07, 6.45) is 2.30. The molecule has 27 heavy (non-hydrogen) atoms. The van der Waals surface area contributed by atoms with Gasteiger partial charge in [0.2, 0.25) is 5.75 Å². The van der Waals surface area contributed by atoms with E-state index in [2.05, 4.69) is 0 Å². The van der Waals surface area contributed by atoms with Crippen molar-refractivity contribution >= 4 is 11.9 Å². The SMILES string of the molecule is COc1ccc(/C=C2\Cc3c(cc(OC)c(OC)c3OC)C2=O)cc1OC. The third-order valence-electron chi connectivity index (χ3n) is 4.58. The minimum absolute atomic E-state index is 0.0564. The molecule has 2 aromatic rings. The maximum atomic E-state index is 12.9. The summed E-state index contributed by atoms with van der Waals surface area (Å²) >= 11 is 0. The Morgan fingerprint density at radius 3 is 2.04 bits per heavy atom. The van der Waals surface area contributed by atoms with Crippen LogP contribution in [0.1, 0.15) is 21.5 Å². The van der Waals surface area contributed by atoms with Gasteiger partial charge in [0.25, 0.3) is 0 Å². The highest BCUT2D eigenvalue weighted by Crippen LogP contribution is 2.46. The number of carbonyl (C=O) groups is 1. The molecule has 6 nitrogen and oxygen atoms in total. The monoisotopic (exact) mass is 370 g/mol. The molecule has 0 unspecified atom stereocenters. The number of benzene rings is 2. The van der Waals surface area contributed by atoms with E-state index in [1.807, 2.05) is 24.3 Å². The summed E-state index contributed by atoms with van der Waals surface area (Å²) in [5.41, 5.74) is 2.87. The van der Waals surface area contributed by atoms with Crippen LogP contribution in [0.4, 0.5) is 0 Å². The van der Waals surface area contributed by atoms with E-state index in [9.17, 15) is 4.79 Å². The molecular formula is C21H22O6. The third kappa shape index (κ3) is 3.18. The van der Waals surface area contributed by atoms with Crippen LogP contribution in [0.2, 0.25) is 0 Å². The largest absolute Gasteiger partial charge is 0.493 e. The van der Waals surface area contributed by atoms with Crippen molar-refractivity contribution in [2.45, 2.75) is 6.42 Å². The van der Waals surface area contributed by atoms with E-state index in [0.29, 0.717) is 46.3 Å². The van der Waals surface area contributed by atoms with Gasteiger partial charge in [-0.3, -0.25) is 4.79 Å². The van der Waals surface area contributed by atoms with Gasteiger partial charge >= 0.3 is 0 Å². The number of hydrogen-bond acceptors (Lipinski definition) is 6. The zero-order valence-corrected chi connectivity index (χ0v) is 16.0. The van der Waals surface area contributed by atoms with Gasteiger partial charge in [0, 0.05) is 23.1 Å². The first-order valence-electron chi connectivity index (χ1n) is 8.37. The molecule has 0 amide bonds. The zero-order valence-electron chi connectivity index (χ0n) is 16.0. The summed E-state index contributed by atoms with van der Waals surface area (Å²) in [6, 6.07) is 7.22. The number of methoxy groups -OCH3 is 5. The third-order valence-corrected chi connectivity index (χ3v) is 4.58. The molecule has 0 radical (unpaired) electrons. The van der Waals surface area contributed by atoms with Gasteiger partial charge in [0.05, 0.1) is 35.5 Å². The molecule has 1 aliphatic carbocycles. The lowest BCUT2D eigenvalue weighted by molar-refractivity contribution is 0.104. The molecule has 0 saturated carbocycles. The number of ketones is 1. The normalized spacial score (nSPS) is 14.1. The first-order valence-corrected chi connectivity index (χ1v) is 8.37. The van der Waals surface area contributed by atoms with Gasteiger partial charge in [0.1, 0.15) is 0 Å². The van der Waals surface area contributed by atoms with Gasteiger partial charge in [-0.05, 0) is 29.8 Å². The molecule has 0 fully saturated rings. The molecule has 0 bridgehead atoms. The van der Waals surface area contributed by atoms with E-state index in [1.165, 1.54) is 7.11 Å². The Kier molecular flexibility index (Phi) is 5.26. The Hall–Kier alpha value is -3.15. The number of ether oxygens (including phenoxy) is 5. The Morgan fingerprint density at radius 2 is 1.44 bits per heavy atom. The lowest BCUT2D eigenvalue weighted by Crippen LogP contribution is -2.00. The Bertz CT molecular complexity index is 913. The molecule has 142 valence electrons. The molecule has 0 aromatic heterocycles. The topological polar surface area (TPSA) is 63.2 Å². The standard InChI is InChI=1S/C21H22O6/c1-23-16-7-6-12(9-17(16)24-2)8-13-10-15-14(19(13)22)11-18(25-3)21(27-5)20(15)26-4/h6-9,11H,10H2,1-5H3/b13-8+. The van der Waals surface area contributed by atoms with E-state index in [1.54, 1.807) is 34.5 Å². The van der Waals surface area contributed by atoms with E-state index in [4.69, 9.17) is 23.7 Å². The van der Waals surface area contributed by atoms with Crippen molar-refractivity contribution in [3.8, 4) is 28.7 Å². The minimum atomic E-state index is -0.0564. The van der Waals surface area contributed by atoms with Crippen molar-refractivity contribution < 1.29 is 28.5 Å². The first-order chi connectivity index (χ1) is 13.1. The quantitative estimate of drug-likeness (QED) is 0.725. The van der Waals surface area contributed by atoms with Crippen LogP contribution in [0.15, 0.2) is 29.8 Å². The molecule has 3 rings (SSSR count). The van der Waals surface area contributed by atoms with E-state index >= 15 is 0 Å². The summed E-state index contributed by atoms with van der Waals surface area (Å²) < 4.78 is 26.9. The second-order valence-corrected chi connectivity index (χ2v) is 5.96. The van der Waals surface area contributed by atoms with Gasteiger partial charge in [-0.25, -0.2) is 0 Å². The summed E-state index contributed by atoms with van der Waals surface area (Å²) in [5, 5.41) is 0. The van der Waals surface area contributed by atoms with Crippen molar-refractivity contribution in [3.63, 3.8) is 0 Å². The fourth-order valence-corrected chi connectivity index (χ4v) is 3.30. The smallest absolute Gasteiger partial charge is 0.203 e. The number of Topliss-reactive ketones (excluding diaryl/α,β-unsaturated/α-hetero) is 1. The lowest BCUT2D eigenvalue weighted by Gasteiger charge is -2.15. The van der Waals surface area contributed by atoms with Crippen LogP contribution in [-0.2, 0) is 6.42 Å². The van der Waals surface area contributed by atoms with Crippen molar-refractivity contribution in [2.75, 3.05) is 35.5 Å². The molecule has 0 N–H and O–H groups in total. The highest BCUT2D eigenvalue weighted by molar-refractivity contribution is 6.16. The molecule has 0 atom stereocenters.